The third kappa shape index (κ3) is 1.53. The van der Waals surface area contributed by atoms with Crippen LogP contribution in [0, 0.1) is 0 Å². The summed E-state index contributed by atoms with van der Waals surface area (Å²) in [5.41, 5.74) is 0.812. The molecule has 3 nitrogen and oxygen atoms in total. The highest BCUT2D eigenvalue weighted by Crippen LogP contribution is 2.11. The van der Waals surface area contributed by atoms with E-state index in [-0.39, 0.29) is 0 Å². The number of H-pyrrole nitrogens is 1. The molecule has 0 radical (unpaired) electrons. The van der Waals surface area contributed by atoms with Crippen LogP contribution in [0.1, 0.15) is 11.7 Å². The molecule has 1 atom stereocenters. The van der Waals surface area contributed by atoms with Gasteiger partial charge in [0.15, 0.2) is 0 Å². The molecule has 1 rings (SSSR count). The van der Waals surface area contributed by atoms with Crippen molar-refractivity contribution in [1.29, 1.82) is 0 Å². The van der Waals surface area contributed by atoms with Crippen LogP contribution >= 0.6 is 15.9 Å². The van der Waals surface area contributed by atoms with Crippen molar-refractivity contribution in [3.05, 3.63) is 18.0 Å². The van der Waals surface area contributed by atoms with Gasteiger partial charge in [0.25, 0.3) is 0 Å². The highest BCUT2D eigenvalue weighted by molar-refractivity contribution is 9.09. The second-order valence-corrected chi connectivity index (χ2v) is 2.35. The van der Waals surface area contributed by atoms with Crippen LogP contribution < -0.4 is 0 Å². The van der Waals surface area contributed by atoms with Crippen molar-refractivity contribution in [2.45, 2.75) is 6.10 Å². The molecule has 1 aromatic heterocycles. The van der Waals surface area contributed by atoms with Gasteiger partial charge in [-0.2, -0.15) is 5.10 Å². The molecule has 0 aromatic carbocycles. The molecule has 1 aromatic rings. The number of aromatic amines is 1. The van der Waals surface area contributed by atoms with Crippen molar-refractivity contribution in [2.24, 2.45) is 0 Å². The number of rotatable bonds is 2. The standard InChI is InChI=1S/C5H7BrN2O/c6-1-5(9)4-2-7-8-3-4/h2-3,5,9H,1H2,(H,7,8). The first-order valence-corrected chi connectivity index (χ1v) is 3.69. The fourth-order valence-corrected chi connectivity index (χ4v) is 0.906. The van der Waals surface area contributed by atoms with Gasteiger partial charge in [-0.25, -0.2) is 0 Å². The number of nitrogens with one attached hydrogen (secondary N) is 1. The molecule has 9 heavy (non-hydrogen) atoms. The van der Waals surface area contributed by atoms with Crippen molar-refractivity contribution in [2.75, 3.05) is 5.33 Å². The van der Waals surface area contributed by atoms with Gasteiger partial charge in [0.1, 0.15) is 0 Å². The van der Waals surface area contributed by atoms with E-state index in [0.717, 1.165) is 5.56 Å². The molecule has 0 aliphatic rings. The summed E-state index contributed by atoms with van der Waals surface area (Å²) in [6.45, 7) is 0. The topological polar surface area (TPSA) is 48.9 Å². The number of hydrogen-bond acceptors (Lipinski definition) is 2. The lowest BCUT2D eigenvalue weighted by atomic mass is 10.2. The summed E-state index contributed by atoms with van der Waals surface area (Å²) in [7, 11) is 0. The molecule has 0 amide bonds. The lowest BCUT2D eigenvalue weighted by molar-refractivity contribution is 0.205. The molecular weight excluding hydrogens is 184 g/mol. The van der Waals surface area contributed by atoms with Crippen LogP contribution in [0.25, 0.3) is 0 Å². The third-order valence-corrected chi connectivity index (χ3v) is 1.66. The Labute approximate surface area is 61.2 Å². The van der Waals surface area contributed by atoms with Crippen LogP contribution in [0.15, 0.2) is 12.4 Å². The van der Waals surface area contributed by atoms with Crippen LogP contribution in [-0.4, -0.2) is 20.6 Å². The predicted octanol–water partition coefficient (Wildman–Crippen LogP) is 0.838. The number of aliphatic hydroxyl groups is 1. The Bertz CT molecular complexity index is 163. The number of hydrogen-bond donors (Lipinski definition) is 2. The number of aliphatic hydroxyl groups excluding tert-OH is 1. The lowest BCUT2D eigenvalue weighted by Gasteiger charge is -1.99. The van der Waals surface area contributed by atoms with Crippen LogP contribution in [0.3, 0.4) is 0 Å². The van der Waals surface area contributed by atoms with Gasteiger partial charge >= 0.3 is 0 Å². The van der Waals surface area contributed by atoms with Gasteiger partial charge in [0, 0.05) is 17.1 Å². The number of aromatic nitrogens is 2. The van der Waals surface area contributed by atoms with Crippen LogP contribution in [-0.2, 0) is 0 Å². The molecule has 1 heterocycles. The average Bonchev–Trinajstić information content (AvgIpc) is 2.37. The normalized spacial score (nSPS) is 13.6. The van der Waals surface area contributed by atoms with E-state index in [2.05, 4.69) is 26.1 Å². The Morgan fingerprint density at radius 3 is 3.11 bits per heavy atom. The predicted molar refractivity (Wildman–Crippen MR) is 37.3 cm³/mol. The molecule has 0 saturated carbocycles. The van der Waals surface area contributed by atoms with E-state index in [9.17, 15) is 0 Å². The van der Waals surface area contributed by atoms with Crippen molar-refractivity contribution in [3.8, 4) is 0 Å². The van der Waals surface area contributed by atoms with Crippen LogP contribution in [0.5, 0.6) is 0 Å². The van der Waals surface area contributed by atoms with Crippen molar-refractivity contribution < 1.29 is 5.11 Å². The number of halogens is 1. The maximum absolute atomic E-state index is 9.11. The summed E-state index contributed by atoms with van der Waals surface area (Å²) in [4.78, 5) is 0. The molecule has 2 N–H and O–H groups in total. The van der Waals surface area contributed by atoms with Gasteiger partial charge in [-0.05, 0) is 0 Å². The highest BCUT2D eigenvalue weighted by Gasteiger charge is 2.04. The first-order valence-electron chi connectivity index (χ1n) is 2.57. The summed E-state index contributed by atoms with van der Waals surface area (Å²) in [6.07, 6.45) is 2.83. The van der Waals surface area contributed by atoms with E-state index in [0.29, 0.717) is 5.33 Å². The van der Waals surface area contributed by atoms with E-state index in [4.69, 9.17) is 5.11 Å². The molecule has 0 saturated heterocycles. The summed E-state index contributed by atoms with van der Waals surface area (Å²) in [6, 6.07) is 0. The van der Waals surface area contributed by atoms with Gasteiger partial charge in [0.05, 0.1) is 12.3 Å². The minimum absolute atomic E-state index is 0.441. The zero-order valence-corrected chi connectivity index (χ0v) is 6.30. The van der Waals surface area contributed by atoms with Gasteiger partial charge in [-0.3, -0.25) is 5.10 Å². The minimum atomic E-state index is -0.441. The van der Waals surface area contributed by atoms with Crippen LogP contribution in [0.2, 0.25) is 0 Å². The average molecular weight is 191 g/mol. The Hall–Kier alpha value is -0.350. The first-order chi connectivity index (χ1) is 4.34. The minimum Gasteiger partial charge on any atom is -0.387 e. The number of alkyl halides is 1. The van der Waals surface area contributed by atoms with Crippen molar-refractivity contribution >= 4 is 15.9 Å². The quantitative estimate of drug-likeness (QED) is 0.680. The fourth-order valence-electron chi connectivity index (χ4n) is 0.532. The molecular formula is C5H7BrN2O. The Kier molecular flexibility index (Phi) is 2.24. The third-order valence-electron chi connectivity index (χ3n) is 1.05. The highest BCUT2D eigenvalue weighted by atomic mass is 79.9. The van der Waals surface area contributed by atoms with E-state index >= 15 is 0 Å². The Morgan fingerprint density at radius 1 is 1.89 bits per heavy atom. The summed E-state index contributed by atoms with van der Waals surface area (Å²) in [5.74, 6) is 0. The smallest absolute Gasteiger partial charge is 0.0917 e. The maximum atomic E-state index is 9.11. The monoisotopic (exact) mass is 190 g/mol. The molecule has 4 heteroatoms. The summed E-state index contributed by atoms with van der Waals surface area (Å²) < 4.78 is 0. The molecule has 0 spiro atoms. The maximum Gasteiger partial charge on any atom is 0.0917 e. The van der Waals surface area contributed by atoms with E-state index < -0.39 is 6.10 Å². The second-order valence-electron chi connectivity index (χ2n) is 1.70. The fraction of sp³-hybridized carbons (Fsp3) is 0.400. The van der Waals surface area contributed by atoms with Crippen molar-refractivity contribution in [3.63, 3.8) is 0 Å². The molecule has 50 valence electrons. The van der Waals surface area contributed by atoms with Gasteiger partial charge in [-0.15, -0.1) is 0 Å². The molecule has 1 unspecified atom stereocenters. The van der Waals surface area contributed by atoms with E-state index in [1.165, 1.54) is 0 Å². The molecule has 0 bridgehead atoms. The van der Waals surface area contributed by atoms with Crippen LogP contribution in [0.4, 0.5) is 0 Å². The zero-order chi connectivity index (χ0) is 6.69. The number of nitrogens with zero attached hydrogens (tertiary/aromatic N) is 1. The van der Waals surface area contributed by atoms with Gasteiger partial charge in [0.2, 0.25) is 0 Å². The zero-order valence-electron chi connectivity index (χ0n) is 4.71. The SMILES string of the molecule is OC(CBr)c1cn[nH]c1. The second kappa shape index (κ2) is 2.98. The van der Waals surface area contributed by atoms with E-state index in [1.807, 2.05) is 0 Å². The first kappa shape index (κ1) is 6.77. The van der Waals surface area contributed by atoms with Gasteiger partial charge < -0.3 is 5.11 Å². The Morgan fingerprint density at radius 2 is 2.67 bits per heavy atom. The summed E-state index contributed by atoms with van der Waals surface area (Å²) in [5, 5.41) is 16.0. The molecule has 0 aliphatic heterocycles. The molecule has 0 fully saturated rings. The van der Waals surface area contributed by atoms with E-state index in [1.54, 1.807) is 12.4 Å². The summed E-state index contributed by atoms with van der Waals surface area (Å²) >= 11 is 3.14. The largest absolute Gasteiger partial charge is 0.387 e. The lowest BCUT2D eigenvalue weighted by Crippen LogP contribution is -1.94. The molecule has 0 aliphatic carbocycles. The van der Waals surface area contributed by atoms with Crippen molar-refractivity contribution in [1.82, 2.24) is 10.2 Å². The van der Waals surface area contributed by atoms with Gasteiger partial charge in [-0.1, -0.05) is 15.9 Å². The Balaban J connectivity index is 2.65.